The van der Waals surface area contributed by atoms with Gasteiger partial charge in [0.05, 0.1) is 10.6 Å². The number of carbonyl (C=O) groups is 2. The van der Waals surface area contributed by atoms with E-state index in [0.717, 1.165) is 66.3 Å². The van der Waals surface area contributed by atoms with Gasteiger partial charge in [-0.3, -0.25) is 14.7 Å². The van der Waals surface area contributed by atoms with Crippen LogP contribution in [0.15, 0.2) is 85.2 Å². The minimum Gasteiger partial charge on any atom is -0.475 e. The summed E-state index contributed by atoms with van der Waals surface area (Å²) in [6, 6.07) is 23.8. The first kappa shape index (κ1) is 32.9. The van der Waals surface area contributed by atoms with Crippen LogP contribution >= 0.6 is 22.9 Å². The molecule has 4 heterocycles. The Bertz CT molecular complexity index is 1760. The second kappa shape index (κ2) is 14.8. The smallest absolute Gasteiger partial charge is 0.475 e. The van der Waals surface area contributed by atoms with Crippen molar-refractivity contribution in [3.05, 3.63) is 95.1 Å². The highest BCUT2D eigenvalue weighted by Crippen LogP contribution is 2.36. The fourth-order valence-electron chi connectivity index (χ4n) is 4.96. The average molecular weight is 671 g/mol. The Hall–Kier alpha value is -4.46. The van der Waals surface area contributed by atoms with Crippen LogP contribution in [-0.4, -0.2) is 82.1 Å². The van der Waals surface area contributed by atoms with E-state index in [2.05, 4.69) is 32.2 Å². The molecule has 1 aliphatic rings. The van der Waals surface area contributed by atoms with Crippen molar-refractivity contribution in [3.63, 3.8) is 0 Å². The number of amides is 1. The van der Waals surface area contributed by atoms with Crippen LogP contribution in [0.2, 0.25) is 5.02 Å². The number of rotatable bonds is 8. The zero-order chi connectivity index (χ0) is 32.7. The zero-order valence-corrected chi connectivity index (χ0v) is 26.0. The van der Waals surface area contributed by atoms with Crippen LogP contribution in [-0.2, 0) is 4.79 Å². The molecule has 1 fully saturated rings. The number of aliphatic carboxylic acids is 1. The quantitative estimate of drug-likeness (QED) is 0.185. The first-order chi connectivity index (χ1) is 22.1. The van der Waals surface area contributed by atoms with Gasteiger partial charge < -0.3 is 15.3 Å². The highest BCUT2D eigenvalue weighted by Gasteiger charge is 2.38. The van der Waals surface area contributed by atoms with Crippen molar-refractivity contribution in [2.75, 3.05) is 44.2 Å². The second-order valence-electron chi connectivity index (χ2n) is 10.4. The molecule has 0 bridgehead atoms. The molecular formula is C32H30ClF3N6O3S. The molecule has 5 aromatic rings. The third-order valence-electron chi connectivity index (χ3n) is 7.28. The van der Waals surface area contributed by atoms with Crippen LogP contribution in [0.3, 0.4) is 0 Å². The standard InChI is InChI=1S/C30H29ClN6OS.C2HF3O2/c31-23-7-9-25(10-8-23)37-30-26(28(34-37)22-5-2-1-3-6-22)21-27(39-30)29(38)33-13-4-16-35-17-19-36(20-18-35)24-11-14-32-15-12-24;3-2(4,5)1(6)7/h1-3,5-12,14-15,21H,4,13,16-20H2,(H,33,38);(H,6,7). The molecule has 46 heavy (non-hydrogen) atoms. The molecule has 1 aliphatic heterocycles. The monoisotopic (exact) mass is 670 g/mol. The van der Waals surface area contributed by atoms with Crippen molar-refractivity contribution in [1.82, 2.24) is 25.0 Å². The molecule has 0 radical (unpaired) electrons. The molecule has 0 spiro atoms. The number of carboxylic acids is 1. The molecule has 1 amide bonds. The minimum absolute atomic E-state index is 0.0413. The zero-order valence-electron chi connectivity index (χ0n) is 24.5. The molecule has 240 valence electrons. The Morgan fingerprint density at radius 2 is 1.59 bits per heavy atom. The van der Waals surface area contributed by atoms with Crippen LogP contribution in [0.25, 0.3) is 27.2 Å². The largest absolute Gasteiger partial charge is 0.490 e. The third-order valence-corrected chi connectivity index (χ3v) is 8.64. The van der Waals surface area contributed by atoms with Gasteiger partial charge in [0, 0.05) is 66.8 Å². The number of alkyl halides is 3. The van der Waals surface area contributed by atoms with Crippen LogP contribution in [0.1, 0.15) is 16.1 Å². The van der Waals surface area contributed by atoms with Crippen molar-refractivity contribution in [2.24, 2.45) is 0 Å². The van der Waals surface area contributed by atoms with Gasteiger partial charge in [-0.2, -0.15) is 18.3 Å². The summed E-state index contributed by atoms with van der Waals surface area (Å²) in [6.07, 6.45) is -0.478. The molecule has 0 atom stereocenters. The van der Waals surface area contributed by atoms with E-state index in [1.165, 1.54) is 17.0 Å². The normalized spacial score (nSPS) is 13.7. The summed E-state index contributed by atoms with van der Waals surface area (Å²) in [5.41, 5.74) is 4.02. The number of nitrogens with zero attached hydrogens (tertiary/aromatic N) is 5. The maximum Gasteiger partial charge on any atom is 0.490 e. The molecule has 2 aromatic carbocycles. The molecule has 9 nitrogen and oxygen atoms in total. The van der Waals surface area contributed by atoms with E-state index in [1.54, 1.807) is 0 Å². The Balaban J connectivity index is 0.000000537. The fourth-order valence-corrected chi connectivity index (χ4v) is 6.14. The number of pyridine rings is 1. The van der Waals surface area contributed by atoms with E-state index >= 15 is 0 Å². The van der Waals surface area contributed by atoms with Gasteiger partial charge in [0.25, 0.3) is 5.91 Å². The predicted octanol–water partition coefficient (Wildman–Crippen LogP) is 6.38. The second-order valence-corrected chi connectivity index (χ2v) is 11.8. The topological polar surface area (TPSA) is 104 Å². The lowest BCUT2D eigenvalue weighted by Crippen LogP contribution is -2.47. The summed E-state index contributed by atoms with van der Waals surface area (Å²) < 4.78 is 33.6. The number of nitrogens with one attached hydrogen (secondary N) is 1. The highest BCUT2D eigenvalue weighted by atomic mass is 35.5. The Morgan fingerprint density at radius 1 is 0.935 bits per heavy atom. The van der Waals surface area contributed by atoms with Gasteiger partial charge in [-0.15, -0.1) is 11.3 Å². The number of carboxylic acid groups (broad SMARTS) is 1. The van der Waals surface area contributed by atoms with E-state index < -0.39 is 12.1 Å². The number of carbonyl (C=O) groups excluding carboxylic acids is 1. The molecule has 0 aliphatic carbocycles. The van der Waals surface area contributed by atoms with Gasteiger partial charge in [0.2, 0.25) is 0 Å². The van der Waals surface area contributed by atoms with Crippen molar-refractivity contribution in [3.8, 4) is 16.9 Å². The Morgan fingerprint density at radius 3 is 2.22 bits per heavy atom. The van der Waals surface area contributed by atoms with Crippen LogP contribution < -0.4 is 10.2 Å². The number of piperazine rings is 1. The number of thiophene rings is 1. The lowest BCUT2D eigenvalue weighted by molar-refractivity contribution is -0.192. The molecule has 3 aromatic heterocycles. The molecule has 14 heteroatoms. The van der Waals surface area contributed by atoms with Gasteiger partial charge in [0.1, 0.15) is 10.5 Å². The number of aromatic nitrogens is 3. The summed E-state index contributed by atoms with van der Waals surface area (Å²) in [5, 5.41) is 16.8. The molecule has 2 N–H and O–H groups in total. The first-order valence-corrected chi connectivity index (χ1v) is 15.6. The summed E-state index contributed by atoms with van der Waals surface area (Å²) in [4.78, 5) is 32.6. The maximum atomic E-state index is 13.1. The van der Waals surface area contributed by atoms with Crippen LogP contribution in [0, 0.1) is 0 Å². The van der Waals surface area contributed by atoms with E-state index in [0.29, 0.717) is 16.4 Å². The number of anilines is 1. The molecule has 6 rings (SSSR count). The molecule has 0 saturated carbocycles. The number of hydrogen-bond donors (Lipinski definition) is 2. The van der Waals surface area contributed by atoms with E-state index in [-0.39, 0.29) is 5.91 Å². The van der Waals surface area contributed by atoms with Gasteiger partial charge >= 0.3 is 12.1 Å². The fraction of sp³-hybridized carbons (Fsp3) is 0.250. The average Bonchev–Trinajstić information content (AvgIpc) is 3.65. The first-order valence-electron chi connectivity index (χ1n) is 14.4. The third kappa shape index (κ3) is 8.22. The lowest BCUT2D eigenvalue weighted by Gasteiger charge is -2.36. The summed E-state index contributed by atoms with van der Waals surface area (Å²) in [6.45, 7) is 5.68. The molecular weight excluding hydrogens is 641 g/mol. The predicted molar refractivity (Wildman–Crippen MR) is 173 cm³/mol. The summed E-state index contributed by atoms with van der Waals surface area (Å²) >= 11 is 7.58. The summed E-state index contributed by atoms with van der Waals surface area (Å²) in [7, 11) is 0. The van der Waals surface area contributed by atoms with Crippen LogP contribution in [0.4, 0.5) is 18.9 Å². The van der Waals surface area contributed by atoms with Crippen molar-refractivity contribution in [1.29, 1.82) is 0 Å². The Labute approximate surface area is 271 Å². The highest BCUT2D eigenvalue weighted by molar-refractivity contribution is 7.20. The van der Waals surface area contributed by atoms with Gasteiger partial charge in [-0.25, -0.2) is 9.48 Å². The maximum absolute atomic E-state index is 13.1. The van der Waals surface area contributed by atoms with Crippen molar-refractivity contribution < 1.29 is 27.9 Å². The Kier molecular flexibility index (Phi) is 10.6. The van der Waals surface area contributed by atoms with Gasteiger partial charge in [-0.05, 0) is 55.4 Å². The van der Waals surface area contributed by atoms with Crippen molar-refractivity contribution >= 4 is 50.7 Å². The lowest BCUT2D eigenvalue weighted by atomic mass is 10.1. The number of fused-ring (bicyclic) bond motifs is 1. The number of halogens is 4. The number of benzene rings is 2. The van der Waals surface area contributed by atoms with E-state index in [4.69, 9.17) is 26.6 Å². The van der Waals surface area contributed by atoms with Crippen LogP contribution in [0.5, 0.6) is 0 Å². The van der Waals surface area contributed by atoms with E-state index in [1.807, 2.05) is 77.7 Å². The molecule has 0 unspecified atom stereocenters. The SMILES string of the molecule is O=C(NCCCN1CCN(c2ccncc2)CC1)c1cc2c(-c3ccccc3)nn(-c3ccc(Cl)cc3)c2s1.O=C(O)C(F)(F)F. The summed E-state index contributed by atoms with van der Waals surface area (Å²) in [5.74, 6) is -2.80. The number of hydrogen-bond acceptors (Lipinski definition) is 7. The van der Waals surface area contributed by atoms with Gasteiger partial charge in [0.15, 0.2) is 0 Å². The van der Waals surface area contributed by atoms with Gasteiger partial charge in [-0.1, -0.05) is 41.9 Å². The van der Waals surface area contributed by atoms with E-state index in [9.17, 15) is 18.0 Å². The van der Waals surface area contributed by atoms with Crippen molar-refractivity contribution in [2.45, 2.75) is 12.6 Å². The minimum atomic E-state index is -5.08. The molecule has 1 saturated heterocycles.